The predicted octanol–water partition coefficient (Wildman–Crippen LogP) is 0.367. The lowest BCUT2D eigenvalue weighted by molar-refractivity contribution is -0.115. The van der Waals surface area contributed by atoms with Gasteiger partial charge in [0.25, 0.3) is 0 Å². The molecule has 3 heteroatoms. The van der Waals surface area contributed by atoms with Crippen LogP contribution in [0.1, 0.15) is 12.8 Å². The largest absolute Gasteiger partial charge is 0.369 e. The molecule has 0 saturated heterocycles. The Kier molecular flexibility index (Phi) is 1.78. The van der Waals surface area contributed by atoms with E-state index in [-0.39, 0.29) is 5.91 Å². The Hall–Kier alpha value is -0.180. The predicted molar refractivity (Wildman–Crippen MR) is 34.7 cm³/mol. The monoisotopic (exact) mass is 131 g/mol. The molecule has 0 spiro atoms. The normalized spacial score (nSPS) is 18.5. The number of nitrogens with two attached hydrogens (primary N) is 1. The highest BCUT2D eigenvalue weighted by Gasteiger charge is 2.21. The van der Waals surface area contributed by atoms with Gasteiger partial charge in [-0.1, -0.05) is 0 Å². The Labute approximate surface area is 52.8 Å². The molecule has 0 bridgehead atoms. The van der Waals surface area contributed by atoms with E-state index in [1.807, 2.05) is 0 Å². The summed E-state index contributed by atoms with van der Waals surface area (Å²) in [6.07, 6.45) is 2.55. The Balaban J connectivity index is 1.95. The summed E-state index contributed by atoms with van der Waals surface area (Å²) in [5, 5.41) is 0.752. The number of rotatable bonds is 3. The highest BCUT2D eigenvalue weighted by Crippen LogP contribution is 2.33. The molecule has 1 amide bonds. The van der Waals surface area contributed by atoms with E-state index in [1.54, 1.807) is 11.8 Å². The lowest BCUT2D eigenvalue weighted by Gasteiger charge is -1.89. The molecule has 1 saturated carbocycles. The van der Waals surface area contributed by atoms with Gasteiger partial charge in [0.1, 0.15) is 0 Å². The van der Waals surface area contributed by atoms with Gasteiger partial charge in [-0.3, -0.25) is 4.79 Å². The highest BCUT2D eigenvalue weighted by atomic mass is 32.2. The maximum Gasteiger partial charge on any atom is 0.227 e. The Morgan fingerprint density at radius 3 is 2.75 bits per heavy atom. The lowest BCUT2D eigenvalue weighted by atomic mass is 10.8. The number of carbonyl (C=O) groups excluding carboxylic acids is 1. The molecule has 1 rings (SSSR count). The molecule has 2 N–H and O–H groups in total. The van der Waals surface area contributed by atoms with Gasteiger partial charge in [-0.2, -0.15) is 0 Å². The van der Waals surface area contributed by atoms with Crippen molar-refractivity contribution in [1.82, 2.24) is 0 Å². The fourth-order valence-electron chi connectivity index (χ4n) is 0.435. The van der Waals surface area contributed by atoms with Crippen molar-refractivity contribution in [2.45, 2.75) is 18.1 Å². The highest BCUT2D eigenvalue weighted by molar-refractivity contribution is 8.00. The number of carbonyl (C=O) groups is 1. The maximum atomic E-state index is 10.1. The summed E-state index contributed by atoms with van der Waals surface area (Å²) in [5.41, 5.74) is 4.91. The molecule has 0 heterocycles. The molecule has 0 atom stereocenters. The molecular weight excluding hydrogens is 122 g/mol. The zero-order chi connectivity index (χ0) is 5.98. The standard InChI is InChI=1S/C5H9NOS/c6-5(7)3-8-4-1-2-4/h4H,1-3H2,(H2,6,7). The minimum absolute atomic E-state index is 0.193. The SMILES string of the molecule is NC(=O)CSC1CC1. The fraction of sp³-hybridized carbons (Fsp3) is 0.800. The van der Waals surface area contributed by atoms with Crippen LogP contribution in [0.25, 0.3) is 0 Å². The summed E-state index contributed by atoms with van der Waals surface area (Å²) in [7, 11) is 0. The first-order valence-corrected chi connectivity index (χ1v) is 3.74. The maximum absolute atomic E-state index is 10.1. The molecule has 0 aromatic heterocycles. The van der Waals surface area contributed by atoms with Gasteiger partial charge >= 0.3 is 0 Å². The van der Waals surface area contributed by atoms with E-state index in [4.69, 9.17) is 5.73 Å². The summed E-state index contributed by atoms with van der Waals surface area (Å²) in [6.45, 7) is 0. The van der Waals surface area contributed by atoms with Crippen molar-refractivity contribution in [3.8, 4) is 0 Å². The first-order chi connectivity index (χ1) is 3.79. The lowest BCUT2D eigenvalue weighted by Crippen LogP contribution is -2.13. The van der Waals surface area contributed by atoms with Crippen molar-refractivity contribution >= 4 is 17.7 Å². The molecule has 1 aliphatic rings. The summed E-state index contributed by atoms with van der Waals surface area (Å²) in [5.74, 6) is 0.312. The van der Waals surface area contributed by atoms with Gasteiger partial charge in [-0.25, -0.2) is 0 Å². The molecule has 8 heavy (non-hydrogen) atoms. The average molecular weight is 131 g/mol. The molecule has 0 aromatic carbocycles. The van der Waals surface area contributed by atoms with Gasteiger partial charge in [0.05, 0.1) is 5.75 Å². The summed E-state index contributed by atoms with van der Waals surface area (Å²) >= 11 is 1.68. The van der Waals surface area contributed by atoms with E-state index in [0.717, 1.165) is 5.25 Å². The Morgan fingerprint density at radius 1 is 1.75 bits per heavy atom. The number of amides is 1. The minimum Gasteiger partial charge on any atom is -0.369 e. The minimum atomic E-state index is -0.193. The second-order valence-corrected chi connectivity index (χ2v) is 3.27. The van der Waals surface area contributed by atoms with Crippen LogP contribution in [0.2, 0.25) is 0 Å². The third kappa shape index (κ3) is 2.21. The summed E-state index contributed by atoms with van der Waals surface area (Å²) in [6, 6.07) is 0. The average Bonchev–Trinajstić information content (AvgIpc) is 2.41. The van der Waals surface area contributed by atoms with E-state index >= 15 is 0 Å². The van der Waals surface area contributed by atoms with E-state index in [9.17, 15) is 4.79 Å². The topological polar surface area (TPSA) is 43.1 Å². The van der Waals surface area contributed by atoms with E-state index < -0.39 is 0 Å². The van der Waals surface area contributed by atoms with Gasteiger partial charge in [0, 0.05) is 5.25 Å². The van der Waals surface area contributed by atoms with E-state index in [1.165, 1.54) is 12.8 Å². The van der Waals surface area contributed by atoms with Gasteiger partial charge in [0.2, 0.25) is 5.91 Å². The second kappa shape index (κ2) is 2.40. The number of hydrogen-bond donors (Lipinski definition) is 1. The van der Waals surface area contributed by atoms with Crippen molar-refractivity contribution in [1.29, 1.82) is 0 Å². The number of hydrogen-bond acceptors (Lipinski definition) is 2. The molecule has 0 aromatic rings. The van der Waals surface area contributed by atoms with Gasteiger partial charge < -0.3 is 5.73 Å². The first-order valence-electron chi connectivity index (χ1n) is 2.69. The van der Waals surface area contributed by atoms with Gasteiger partial charge in [0.15, 0.2) is 0 Å². The molecular formula is C5H9NOS. The van der Waals surface area contributed by atoms with Crippen molar-refractivity contribution in [3.05, 3.63) is 0 Å². The van der Waals surface area contributed by atoms with Crippen LogP contribution in [0.15, 0.2) is 0 Å². The van der Waals surface area contributed by atoms with Gasteiger partial charge in [-0.15, -0.1) is 11.8 Å². The molecule has 0 aliphatic heterocycles. The number of primary amides is 1. The quantitative estimate of drug-likeness (QED) is 0.601. The van der Waals surface area contributed by atoms with Crippen molar-refractivity contribution in [3.63, 3.8) is 0 Å². The van der Waals surface area contributed by atoms with Crippen LogP contribution in [0.4, 0.5) is 0 Å². The van der Waals surface area contributed by atoms with Gasteiger partial charge in [-0.05, 0) is 12.8 Å². The van der Waals surface area contributed by atoms with Crippen LogP contribution < -0.4 is 5.73 Å². The molecule has 0 radical (unpaired) electrons. The summed E-state index contributed by atoms with van der Waals surface area (Å²) in [4.78, 5) is 10.1. The molecule has 2 nitrogen and oxygen atoms in total. The smallest absolute Gasteiger partial charge is 0.227 e. The first kappa shape index (κ1) is 5.95. The molecule has 1 aliphatic carbocycles. The van der Waals surface area contributed by atoms with Crippen LogP contribution in [0.5, 0.6) is 0 Å². The zero-order valence-electron chi connectivity index (χ0n) is 4.59. The van der Waals surface area contributed by atoms with Crippen LogP contribution in [0, 0.1) is 0 Å². The zero-order valence-corrected chi connectivity index (χ0v) is 5.41. The van der Waals surface area contributed by atoms with E-state index in [0.29, 0.717) is 5.75 Å². The molecule has 1 fully saturated rings. The fourth-order valence-corrected chi connectivity index (χ4v) is 1.30. The number of thioether (sulfide) groups is 1. The van der Waals surface area contributed by atoms with Crippen molar-refractivity contribution in [2.24, 2.45) is 5.73 Å². The van der Waals surface area contributed by atoms with E-state index in [2.05, 4.69) is 0 Å². The van der Waals surface area contributed by atoms with Crippen LogP contribution in [0.3, 0.4) is 0 Å². The second-order valence-electron chi connectivity index (χ2n) is 1.98. The third-order valence-corrected chi connectivity index (χ3v) is 2.38. The Morgan fingerprint density at radius 2 is 2.38 bits per heavy atom. The van der Waals surface area contributed by atoms with Crippen LogP contribution in [-0.4, -0.2) is 16.9 Å². The summed E-state index contributed by atoms with van der Waals surface area (Å²) < 4.78 is 0. The van der Waals surface area contributed by atoms with Crippen molar-refractivity contribution < 1.29 is 4.79 Å². The Bertz CT molecular complexity index is 101. The third-order valence-electron chi connectivity index (χ3n) is 0.986. The van der Waals surface area contributed by atoms with Crippen LogP contribution in [-0.2, 0) is 4.79 Å². The van der Waals surface area contributed by atoms with Crippen LogP contribution >= 0.6 is 11.8 Å². The molecule has 46 valence electrons. The van der Waals surface area contributed by atoms with Crippen molar-refractivity contribution in [2.75, 3.05) is 5.75 Å². The molecule has 0 unspecified atom stereocenters.